The van der Waals surface area contributed by atoms with Gasteiger partial charge in [-0.15, -0.1) is 0 Å². The van der Waals surface area contributed by atoms with E-state index in [0.717, 1.165) is 25.9 Å². The number of fused-ring (bicyclic) bond motifs is 2. The van der Waals surface area contributed by atoms with Crippen molar-refractivity contribution in [2.75, 3.05) is 6.61 Å². The zero-order valence-electron chi connectivity index (χ0n) is 18.1. The van der Waals surface area contributed by atoms with Gasteiger partial charge < -0.3 is 9.47 Å². The van der Waals surface area contributed by atoms with Crippen molar-refractivity contribution in [2.45, 2.75) is 64.9 Å². The van der Waals surface area contributed by atoms with Crippen molar-refractivity contribution in [3.63, 3.8) is 0 Å². The Labute approximate surface area is 182 Å². The van der Waals surface area contributed by atoms with Crippen molar-refractivity contribution in [3.05, 3.63) is 64.0 Å². The highest BCUT2D eigenvalue weighted by Gasteiger charge is 2.28. The molecule has 1 saturated heterocycles. The van der Waals surface area contributed by atoms with Gasteiger partial charge in [-0.25, -0.2) is 8.78 Å². The molecule has 0 aliphatic carbocycles. The Hall–Kier alpha value is -2.27. The molecule has 0 amide bonds. The predicted molar refractivity (Wildman–Crippen MR) is 116 cm³/mol. The summed E-state index contributed by atoms with van der Waals surface area (Å²) in [5, 5.41) is 0. The lowest BCUT2D eigenvalue weighted by Crippen LogP contribution is -2.24. The standard InChI is InChI=1S/C26H29F3O2/c1-3-5-16-7-11-21(30-15-16)12-10-17-8-9-19-14-20-13-18(6-4-2)22(27)24(29)26(20)31-25(19)23(17)28/h8-10,12-13,16,21H,3-7,11,14-15H2,1-2H3/b12-10+. The molecular formula is C26H29F3O2. The third kappa shape index (κ3) is 4.52. The number of ether oxygens (including phenoxy) is 2. The monoisotopic (exact) mass is 430 g/mol. The van der Waals surface area contributed by atoms with Gasteiger partial charge in [0.2, 0.25) is 5.82 Å². The number of hydrogen-bond acceptors (Lipinski definition) is 2. The highest BCUT2D eigenvalue weighted by atomic mass is 19.2. The summed E-state index contributed by atoms with van der Waals surface area (Å²) < 4.78 is 55.6. The van der Waals surface area contributed by atoms with E-state index in [1.54, 1.807) is 24.3 Å². The van der Waals surface area contributed by atoms with Gasteiger partial charge in [0.1, 0.15) is 0 Å². The van der Waals surface area contributed by atoms with E-state index in [1.807, 2.05) is 13.0 Å². The zero-order chi connectivity index (χ0) is 22.0. The average molecular weight is 431 g/mol. The van der Waals surface area contributed by atoms with Gasteiger partial charge in [-0.2, -0.15) is 4.39 Å². The molecule has 2 heterocycles. The first kappa shape index (κ1) is 21.9. The minimum atomic E-state index is -1.04. The van der Waals surface area contributed by atoms with Crippen LogP contribution in [0.15, 0.2) is 24.3 Å². The summed E-state index contributed by atoms with van der Waals surface area (Å²) in [5.74, 6) is -2.13. The molecule has 0 saturated carbocycles. The first-order chi connectivity index (χ1) is 15.0. The summed E-state index contributed by atoms with van der Waals surface area (Å²) >= 11 is 0. The first-order valence-electron chi connectivity index (χ1n) is 11.3. The SMILES string of the molecule is CCCc1cc2c(c(F)c1F)Oc1c(ccc(/C=C/C3CCC(CCC)CO3)c1F)C2. The predicted octanol–water partition coefficient (Wildman–Crippen LogP) is 7.36. The Morgan fingerprint density at radius 1 is 0.968 bits per heavy atom. The molecule has 5 heteroatoms. The summed E-state index contributed by atoms with van der Waals surface area (Å²) in [6, 6.07) is 5.13. The van der Waals surface area contributed by atoms with Gasteiger partial charge in [0.15, 0.2) is 23.1 Å². The quantitative estimate of drug-likeness (QED) is 0.407. The molecule has 166 valence electrons. The fourth-order valence-corrected chi connectivity index (χ4v) is 4.54. The molecular weight excluding hydrogens is 401 g/mol. The summed E-state index contributed by atoms with van der Waals surface area (Å²) in [4.78, 5) is 0. The molecule has 0 radical (unpaired) electrons. The van der Waals surface area contributed by atoms with Crippen molar-refractivity contribution in [3.8, 4) is 11.5 Å². The van der Waals surface area contributed by atoms with Crippen molar-refractivity contribution >= 4 is 6.08 Å². The maximum Gasteiger partial charge on any atom is 0.201 e. The van der Waals surface area contributed by atoms with Crippen molar-refractivity contribution in [1.29, 1.82) is 0 Å². The Kier molecular flexibility index (Phi) is 6.71. The fraction of sp³-hybridized carbons (Fsp3) is 0.462. The normalized spacial score (nSPS) is 20.4. The van der Waals surface area contributed by atoms with Crippen LogP contribution in [0.25, 0.3) is 6.08 Å². The smallest absolute Gasteiger partial charge is 0.201 e. The third-order valence-electron chi connectivity index (χ3n) is 6.22. The van der Waals surface area contributed by atoms with Crippen molar-refractivity contribution in [2.24, 2.45) is 5.92 Å². The minimum Gasteiger partial charge on any atom is -0.450 e. The van der Waals surface area contributed by atoms with Gasteiger partial charge in [0, 0.05) is 23.1 Å². The molecule has 0 spiro atoms. The number of halogens is 3. The molecule has 1 fully saturated rings. The Balaban J connectivity index is 1.53. The highest BCUT2D eigenvalue weighted by Crippen LogP contribution is 2.42. The zero-order valence-corrected chi connectivity index (χ0v) is 18.1. The van der Waals surface area contributed by atoms with Gasteiger partial charge in [0.25, 0.3) is 0 Å². The van der Waals surface area contributed by atoms with E-state index in [2.05, 4.69) is 6.92 Å². The highest BCUT2D eigenvalue weighted by molar-refractivity contribution is 5.60. The molecule has 2 aliphatic heterocycles. The van der Waals surface area contributed by atoms with Crippen LogP contribution in [0.1, 0.15) is 68.2 Å². The number of benzene rings is 2. The minimum absolute atomic E-state index is 0.0243. The van der Waals surface area contributed by atoms with E-state index in [-0.39, 0.29) is 17.6 Å². The van der Waals surface area contributed by atoms with E-state index >= 15 is 4.39 Å². The van der Waals surface area contributed by atoms with Crippen LogP contribution in [0.2, 0.25) is 0 Å². The van der Waals surface area contributed by atoms with Gasteiger partial charge >= 0.3 is 0 Å². The van der Waals surface area contributed by atoms with Crippen LogP contribution in [0.4, 0.5) is 13.2 Å². The van der Waals surface area contributed by atoms with Crippen LogP contribution in [0.5, 0.6) is 11.5 Å². The van der Waals surface area contributed by atoms with Gasteiger partial charge in [-0.05, 0) is 43.2 Å². The second-order valence-corrected chi connectivity index (χ2v) is 8.60. The van der Waals surface area contributed by atoms with E-state index in [4.69, 9.17) is 9.47 Å². The van der Waals surface area contributed by atoms with E-state index in [0.29, 0.717) is 47.4 Å². The molecule has 0 bridgehead atoms. The first-order valence-corrected chi connectivity index (χ1v) is 11.3. The maximum atomic E-state index is 15.2. The van der Waals surface area contributed by atoms with Crippen LogP contribution < -0.4 is 4.74 Å². The van der Waals surface area contributed by atoms with E-state index < -0.39 is 17.5 Å². The van der Waals surface area contributed by atoms with E-state index in [1.165, 1.54) is 6.42 Å². The molecule has 2 aromatic carbocycles. The second kappa shape index (κ2) is 9.47. The van der Waals surface area contributed by atoms with Crippen LogP contribution in [-0.2, 0) is 17.6 Å². The topological polar surface area (TPSA) is 18.5 Å². The largest absolute Gasteiger partial charge is 0.450 e. The Morgan fingerprint density at radius 2 is 1.77 bits per heavy atom. The van der Waals surface area contributed by atoms with Gasteiger partial charge in [-0.1, -0.05) is 51.0 Å². The Morgan fingerprint density at radius 3 is 2.48 bits per heavy atom. The molecule has 2 nitrogen and oxygen atoms in total. The maximum absolute atomic E-state index is 15.2. The summed E-state index contributed by atoms with van der Waals surface area (Å²) in [7, 11) is 0. The molecule has 2 unspecified atom stereocenters. The van der Waals surface area contributed by atoms with Crippen molar-refractivity contribution in [1.82, 2.24) is 0 Å². The Bertz CT molecular complexity index is 975. The van der Waals surface area contributed by atoms with Crippen LogP contribution in [-0.4, -0.2) is 12.7 Å². The molecule has 2 atom stereocenters. The summed E-state index contributed by atoms with van der Waals surface area (Å²) in [5.41, 5.74) is 1.87. The van der Waals surface area contributed by atoms with Crippen LogP contribution in [0, 0.1) is 23.4 Å². The lowest BCUT2D eigenvalue weighted by Gasteiger charge is -2.27. The van der Waals surface area contributed by atoms with Crippen LogP contribution in [0.3, 0.4) is 0 Å². The molecule has 2 aromatic rings. The number of aryl methyl sites for hydroxylation is 1. The third-order valence-corrected chi connectivity index (χ3v) is 6.22. The summed E-state index contributed by atoms with van der Waals surface area (Å²) in [6.45, 7) is 4.82. The fourth-order valence-electron chi connectivity index (χ4n) is 4.54. The molecule has 0 aromatic heterocycles. The van der Waals surface area contributed by atoms with Crippen LogP contribution >= 0.6 is 0 Å². The lowest BCUT2D eigenvalue weighted by molar-refractivity contribution is 0.00878. The molecule has 31 heavy (non-hydrogen) atoms. The van der Waals surface area contributed by atoms with Gasteiger partial charge in [0.05, 0.1) is 12.7 Å². The molecule has 4 rings (SSSR count). The lowest BCUT2D eigenvalue weighted by atomic mass is 9.93. The van der Waals surface area contributed by atoms with Gasteiger partial charge in [-0.3, -0.25) is 0 Å². The molecule has 0 N–H and O–H groups in total. The summed E-state index contributed by atoms with van der Waals surface area (Å²) in [6.07, 6.45) is 9.36. The molecule has 2 aliphatic rings. The van der Waals surface area contributed by atoms with Crippen molar-refractivity contribution < 1.29 is 22.6 Å². The van der Waals surface area contributed by atoms with E-state index in [9.17, 15) is 8.78 Å². The average Bonchev–Trinajstić information content (AvgIpc) is 2.77. The number of hydrogen-bond donors (Lipinski definition) is 0. The second-order valence-electron chi connectivity index (χ2n) is 8.60. The number of rotatable bonds is 6.